The SMILES string of the molecule is Cc1ccc(OP2(=O)Oc3ccc(C)cc3C(C)c3cc(C)ccc3O2)cc1. The molecule has 1 heterocycles. The predicted octanol–water partition coefficient (Wildman–Crippen LogP) is 6.72. The van der Waals surface area contributed by atoms with Gasteiger partial charge < -0.3 is 13.6 Å². The van der Waals surface area contributed by atoms with Gasteiger partial charge in [0.05, 0.1) is 0 Å². The number of phosphoric acid groups is 1. The molecule has 0 atom stereocenters. The predicted molar refractivity (Wildman–Crippen MR) is 111 cm³/mol. The highest BCUT2D eigenvalue weighted by Gasteiger charge is 2.38. The fourth-order valence-electron chi connectivity index (χ4n) is 3.37. The van der Waals surface area contributed by atoms with Crippen molar-refractivity contribution in [1.29, 1.82) is 0 Å². The van der Waals surface area contributed by atoms with Gasteiger partial charge in [-0.3, -0.25) is 0 Å². The van der Waals surface area contributed by atoms with Crippen LogP contribution in [0.15, 0.2) is 60.7 Å². The van der Waals surface area contributed by atoms with Crippen LogP contribution in [0.4, 0.5) is 0 Å². The minimum absolute atomic E-state index is 0.0259. The summed E-state index contributed by atoms with van der Waals surface area (Å²) in [5.74, 6) is 1.49. The van der Waals surface area contributed by atoms with Crippen LogP contribution >= 0.6 is 7.82 Å². The molecule has 0 fully saturated rings. The van der Waals surface area contributed by atoms with Crippen LogP contribution in [0.3, 0.4) is 0 Å². The first-order valence-electron chi connectivity index (χ1n) is 9.29. The van der Waals surface area contributed by atoms with Crippen molar-refractivity contribution < 1.29 is 18.1 Å². The second-order valence-electron chi connectivity index (χ2n) is 7.34. The van der Waals surface area contributed by atoms with Gasteiger partial charge in [0.1, 0.15) is 17.2 Å². The van der Waals surface area contributed by atoms with Crippen LogP contribution in [-0.4, -0.2) is 0 Å². The Kier molecular flexibility index (Phi) is 4.68. The lowest BCUT2D eigenvalue weighted by molar-refractivity contribution is 0.293. The van der Waals surface area contributed by atoms with Gasteiger partial charge in [-0.2, -0.15) is 4.57 Å². The summed E-state index contributed by atoms with van der Waals surface area (Å²) in [6.45, 7) is 8.14. The normalized spacial score (nSPS) is 20.6. The van der Waals surface area contributed by atoms with Crippen molar-refractivity contribution in [3.05, 3.63) is 88.5 Å². The van der Waals surface area contributed by atoms with E-state index < -0.39 is 7.82 Å². The lowest BCUT2D eigenvalue weighted by Crippen LogP contribution is -2.14. The first-order valence-corrected chi connectivity index (χ1v) is 10.8. The van der Waals surface area contributed by atoms with E-state index in [4.69, 9.17) is 13.6 Å². The first kappa shape index (κ1) is 18.6. The zero-order valence-electron chi connectivity index (χ0n) is 16.4. The highest BCUT2D eigenvalue weighted by molar-refractivity contribution is 7.49. The van der Waals surface area contributed by atoms with Crippen LogP contribution in [0.2, 0.25) is 0 Å². The summed E-state index contributed by atoms with van der Waals surface area (Å²) in [6, 6.07) is 18.9. The quantitative estimate of drug-likeness (QED) is 0.453. The van der Waals surface area contributed by atoms with E-state index in [1.54, 1.807) is 12.1 Å². The molecule has 5 heteroatoms. The van der Waals surface area contributed by atoms with E-state index in [0.717, 1.165) is 27.8 Å². The van der Waals surface area contributed by atoms with E-state index in [1.807, 2.05) is 57.2 Å². The molecule has 0 unspecified atom stereocenters. The molecule has 0 saturated carbocycles. The molecule has 0 amide bonds. The zero-order chi connectivity index (χ0) is 19.9. The Labute approximate surface area is 165 Å². The topological polar surface area (TPSA) is 44.8 Å². The molecule has 3 aromatic carbocycles. The average molecular weight is 394 g/mol. The standard InChI is InChI=1S/C23H23O4P/c1-15-5-9-19(10-6-15)25-28(24)26-22-11-7-16(2)13-20(22)18(4)21-14-17(3)8-12-23(21)27-28/h5-14,18H,1-4H3. The maximum absolute atomic E-state index is 13.6. The molecule has 28 heavy (non-hydrogen) atoms. The molecule has 0 spiro atoms. The number of aryl methyl sites for hydroxylation is 3. The molecule has 0 bridgehead atoms. The lowest BCUT2D eigenvalue weighted by Gasteiger charge is -2.28. The summed E-state index contributed by atoms with van der Waals surface area (Å²) in [5, 5.41) is 0. The van der Waals surface area contributed by atoms with Gasteiger partial charge >= 0.3 is 7.82 Å². The Bertz CT molecular complexity index is 1010. The minimum Gasteiger partial charge on any atom is -0.386 e. The van der Waals surface area contributed by atoms with Crippen molar-refractivity contribution in [2.75, 3.05) is 0 Å². The van der Waals surface area contributed by atoms with Crippen molar-refractivity contribution in [3.8, 4) is 17.2 Å². The van der Waals surface area contributed by atoms with Crippen molar-refractivity contribution in [3.63, 3.8) is 0 Å². The second kappa shape index (κ2) is 7.03. The van der Waals surface area contributed by atoms with E-state index in [0.29, 0.717) is 17.2 Å². The number of benzene rings is 3. The van der Waals surface area contributed by atoms with Gasteiger partial charge in [-0.25, -0.2) is 0 Å². The lowest BCUT2D eigenvalue weighted by atomic mass is 9.90. The monoisotopic (exact) mass is 394 g/mol. The summed E-state index contributed by atoms with van der Waals surface area (Å²) >= 11 is 0. The van der Waals surface area contributed by atoms with Crippen LogP contribution in [0.1, 0.15) is 40.7 Å². The molecule has 0 N–H and O–H groups in total. The summed E-state index contributed by atoms with van der Waals surface area (Å²) in [4.78, 5) is 0. The summed E-state index contributed by atoms with van der Waals surface area (Å²) in [6.07, 6.45) is 0. The van der Waals surface area contributed by atoms with Gasteiger partial charge in [0.2, 0.25) is 0 Å². The molecule has 144 valence electrons. The fraction of sp³-hybridized carbons (Fsp3) is 0.217. The van der Waals surface area contributed by atoms with E-state index >= 15 is 0 Å². The fourth-order valence-corrected chi connectivity index (χ4v) is 4.68. The largest absolute Gasteiger partial charge is 0.647 e. The summed E-state index contributed by atoms with van der Waals surface area (Å²) in [7, 11) is -3.94. The molecule has 3 aromatic rings. The number of hydrogen-bond donors (Lipinski definition) is 0. The highest BCUT2D eigenvalue weighted by Crippen LogP contribution is 2.55. The van der Waals surface area contributed by atoms with Crippen molar-refractivity contribution in [1.82, 2.24) is 0 Å². The minimum atomic E-state index is -3.94. The molecule has 0 aliphatic carbocycles. The molecule has 0 radical (unpaired) electrons. The van der Waals surface area contributed by atoms with Crippen molar-refractivity contribution in [2.24, 2.45) is 0 Å². The first-order chi connectivity index (χ1) is 13.3. The maximum atomic E-state index is 13.6. The Morgan fingerprint density at radius 3 is 1.71 bits per heavy atom. The van der Waals surface area contributed by atoms with Crippen LogP contribution < -0.4 is 13.6 Å². The van der Waals surface area contributed by atoms with Gasteiger partial charge in [0.25, 0.3) is 0 Å². The molecule has 4 rings (SSSR count). The molecule has 4 nitrogen and oxygen atoms in total. The van der Waals surface area contributed by atoms with Gasteiger partial charge in [0, 0.05) is 17.0 Å². The summed E-state index contributed by atoms with van der Waals surface area (Å²) in [5.41, 5.74) is 5.23. The van der Waals surface area contributed by atoms with Gasteiger partial charge in [0.15, 0.2) is 0 Å². The Morgan fingerprint density at radius 2 is 1.21 bits per heavy atom. The smallest absolute Gasteiger partial charge is 0.386 e. The maximum Gasteiger partial charge on any atom is 0.647 e. The van der Waals surface area contributed by atoms with Crippen molar-refractivity contribution in [2.45, 2.75) is 33.6 Å². The molecule has 1 aliphatic heterocycles. The third kappa shape index (κ3) is 3.65. The van der Waals surface area contributed by atoms with Crippen LogP contribution in [0.25, 0.3) is 0 Å². The summed E-state index contributed by atoms with van der Waals surface area (Å²) < 4.78 is 31.1. The van der Waals surface area contributed by atoms with Gasteiger partial charge in [-0.1, -0.05) is 60.0 Å². The molecular formula is C23H23O4P. The number of phosphoric ester groups is 1. The zero-order valence-corrected chi connectivity index (χ0v) is 17.3. The number of fused-ring (bicyclic) bond motifs is 2. The van der Waals surface area contributed by atoms with Crippen LogP contribution in [0.5, 0.6) is 17.2 Å². The molecule has 0 saturated heterocycles. The second-order valence-corrected chi connectivity index (χ2v) is 8.78. The van der Waals surface area contributed by atoms with Gasteiger partial charge in [-0.05, 0) is 45.0 Å². The van der Waals surface area contributed by atoms with E-state index in [9.17, 15) is 4.57 Å². The molecule has 1 aliphatic rings. The molecular weight excluding hydrogens is 371 g/mol. The number of hydrogen-bond acceptors (Lipinski definition) is 4. The van der Waals surface area contributed by atoms with Crippen molar-refractivity contribution >= 4 is 7.82 Å². The molecule has 0 aromatic heterocycles. The van der Waals surface area contributed by atoms with Crippen LogP contribution in [0, 0.1) is 20.8 Å². The van der Waals surface area contributed by atoms with E-state index in [1.165, 1.54) is 0 Å². The average Bonchev–Trinajstić information content (AvgIpc) is 2.65. The Balaban J connectivity index is 1.84. The van der Waals surface area contributed by atoms with E-state index in [2.05, 4.69) is 19.1 Å². The van der Waals surface area contributed by atoms with Gasteiger partial charge in [-0.15, -0.1) is 0 Å². The Hall–Kier alpha value is -2.71. The van der Waals surface area contributed by atoms with Crippen LogP contribution in [-0.2, 0) is 4.57 Å². The third-order valence-corrected chi connectivity index (χ3v) is 6.20. The highest BCUT2D eigenvalue weighted by atomic mass is 31.2. The Morgan fingerprint density at radius 1 is 0.750 bits per heavy atom. The number of rotatable bonds is 2. The van der Waals surface area contributed by atoms with E-state index in [-0.39, 0.29) is 5.92 Å². The third-order valence-electron chi connectivity index (χ3n) is 4.92.